The van der Waals surface area contributed by atoms with Crippen molar-refractivity contribution in [2.24, 2.45) is 0 Å². The second kappa shape index (κ2) is 4.73. The normalized spacial score (nSPS) is 12.3. The van der Waals surface area contributed by atoms with Crippen LogP contribution >= 0.6 is 0 Å². The standard InChI is InChI=1S/C11H10F4O2/c1-10(12,13)11(14,15)9(16)17-7-8-5-3-2-4-6-8/h2-6H,7H2,1H3. The number of hydrogen-bond acceptors (Lipinski definition) is 2. The van der Waals surface area contributed by atoms with Gasteiger partial charge in [0.2, 0.25) is 0 Å². The molecule has 0 amide bonds. The highest BCUT2D eigenvalue weighted by atomic mass is 19.3. The van der Waals surface area contributed by atoms with Crippen molar-refractivity contribution in [2.75, 3.05) is 0 Å². The maximum Gasteiger partial charge on any atom is 0.404 e. The van der Waals surface area contributed by atoms with Gasteiger partial charge >= 0.3 is 17.8 Å². The lowest BCUT2D eigenvalue weighted by Gasteiger charge is -2.20. The highest BCUT2D eigenvalue weighted by Gasteiger charge is 2.60. The molecule has 6 heteroatoms. The van der Waals surface area contributed by atoms with Gasteiger partial charge in [0, 0.05) is 6.92 Å². The van der Waals surface area contributed by atoms with E-state index in [2.05, 4.69) is 4.74 Å². The molecular weight excluding hydrogens is 240 g/mol. The highest BCUT2D eigenvalue weighted by Crippen LogP contribution is 2.34. The first kappa shape index (κ1) is 13.5. The van der Waals surface area contributed by atoms with Crippen molar-refractivity contribution < 1.29 is 27.1 Å². The molecule has 0 bridgehead atoms. The van der Waals surface area contributed by atoms with Crippen LogP contribution in [0.3, 0.4) is 0 Å². The molecule has 0 aliphatic heterocycles. The van der Waals surface area contributed by atoms with E-state index in [-0.39, 0.29) is 6.92 Å². The van der Waals surface area contributed by atoms with Crippen LogP contribution < -0.4 is 0 Å². The molecule has 1 rings (SSSR count). The van der Waals surface area contributed by atoms with Gasteiger partial charge in [-0.2, -0.15) is 17.6 Å². The minimum atomic E-state index is -4.82. The summed E-state index contributed by atoms with van der Waals surface area (Å²) in [7, 11) is 0. The Hall–Kier alpha value is -1.59. The molecule has 17 heavy (non-hydrogen) atoms. The Balaban J connectivity index is 2.62. The molecule has 0 unspecified atom stereocenters. The van der Waals surface area contributed by atoms with Crippen LogP contribution in [0.1, 0.15) is 12.5 Å². The Labute approximate surface area is 95.2 Å². The van der Waals surface area contributed by atoms with E-state index >= 15 is 0 Å². The molecule has 0 saturated carbocycles. The van der Waals surface area contributed by atoms with Crippen LogP contribution in [0, 0.1) is 0 Å². The van der Waals surface area contributed by atoms with Gasteiger partial charge < -0.3 is 4.74 Å². The summed E-state index contributed by atoms with van der Waals surface area (Å²) in [6.07, 6.45) is 0. The summed E-state index contributed by atoms with van der Waals surface area (Å²) < 4.78 is 54.6. The lowest BCUT2D eigenvalue weighted by Crippen LogP contribution is -2.45. The molecule has 1 aromatic rings. The maximum absolute atomic E-state index is 12.8. The summed E-state index contributed by atoms with van der Waals surface area (Å²) in [4.78, 5) is 10.8. The Morgan fingerprint density at radius 1 is 1.18 bits per heavy atom. The van der Waals surface area contributed by atoms with Gasteiger partial charge in [0.1, 0.15) is 6.61 Å². The van der Waals surface area contributed by atoms with Crippen molar-refractivity contribution in [3.63, 3.8) is 0 Å². The molecule has 1 aromatic carbocycles. The third-order valence-electron chi connectivity index (χ3n) is 2.02. The largest absolute Gasteiger partial charge is 0.456 e. The van der Waals surface area contributed by atoms with Crippen LogP contribution in [0.25, 0.3) is 0 Å². The maximum atomic E-state index is 12.8. The zero-order valence-electron chi connectivity index (χ0n) is 8.92. The number of rotatable bonds is 4. The van der Waals surface area contributed by atoms with Crippen LogP contribution in [-0.2, 0) is 16.1 Å². The van der Waals surface area contributed by atoms with Crippen LogP contribution in [0.2, 0.25) is 0 Å². The number of esters is 1. The first-order valence-corrected chi connectivity index (χ1v) is 4.72. The fraction of sp³-hybridized carbons (Fsp3) is 0.364. The van der Waals surface area contributed by atoms with Crippen LogP contribution in [0.4, 0.5) is 17.6 Å². The van der Waals surface area contributed by atoms with Gasteiger partial charge in [-0.15, -0.1) is 0 Å². The van der Waals surface area contributed by atoms with Gasteiger partial charge in [-0.05, 0) is 5.56 Å². The van der Waals surface area contributed by atoms with Crippen molar-refractivity contribution in [1.82, 2.24) is 0 Å². The topological polar surface area (TPSA) is 26.3 Å². The van der Waals surface area contributed by atoms with E-state index in [1.54, 1.807) is 18.2 Å². The highest BCUT2D eigenvalue weighted by molar-refractivity contribution is 5.78. The monoisotopic (exact) mass is 250 g/mol. The second-order valence-corrected chi connectivity index (χ2v) is 3.52. The number of ether oxygens (including phenoxy) is 1. The Morgan fingerprint density at radius 3 is 2.18 bits per heavy atom. The van der Waals surface area contributed by atoms with E-state index in [4.69, 9.17) is 0 Å². The minimum Gasteiger partial charge on any atom is -0.456 e. The van der Waals surface area contributed by atoms with Crippen molar-refractivity contribution in [3.05, 3.63) is 35.9 Å². The molecule has 2 nitrogen and oxygen atoms in total. The predicted molar refractivity (Wildman–Crippen MR) is 51.8 cm³/mol. The summed E-state index contributed by atoms with van der Waals surface area (Å²) in [5.74, 6) is -11.5. The molecular formula is C11H10F4O2. The van der Waals surface area contributed by atoms with E-state index in [9.17, 15) is 22.4 Å². The third-order valence-corrected chi connectivity index (χ3v) is 2.02. The first-order valence-electron chi connectivity index (χ1n) is 4.72. The zero-order valence-corrected chi connectivity index (χ0v) is 8.92. The quantitative estimate of drug-likeness (QED) is 0.606. The summed E-state index contributed by atoms with van der Waals surface area (Å²) in [5.41, 5.74) is 0.441. The molecule has 0 fully saturated rings. The van der Waals surface area contributed by atoms with Crippen LogP contribution in [0.5, 0.6) is 0 Å². The average Bonchev–Trinajstić information content (AvgIpc) is 2.25. The molecule has 0 atom stereocenters. The van der Waals surface area contributed by atoms with Gasteiger partial charge in [-0.3, -0.25) is 0 Å². The molecule has 0 N–H and O–H groups in total. The minimum absolute atomic E-state index is 0.0310. The number of carbonyl (C=O) groups is 1. The average molecular weight is 250 g/mol. The zero-order chi connectivity index (χ0) is 13.1. The number of hydrogen-bond donors (Lipinski definition) is 0. The van der Waals surface area contributed by atoms with E-state index < -0.39 is 24.4 Å². The SMILES string of the molecule is CC(F)(F)C(F)(F)C(=O)OCc1ccccc1. The van der Waals surface area contributed by atoms with Crippen molar-refractivity contribution >= 4 is 5.97 Å². The van der Waals surface area contributed by atoms with E-state index in [1.807, 2.05) is 0 Å². The fourth-order valence-electron chi connectivity index (χ4n) is 0.993. The smallest absolute Gasteiger partial charge is 0.404 e. The van der Waals surface area contributed by atoms with E-state index in [0.29, 0.717) is 5.56 Å². The van der Waals surface area contributed by atoms with Gasteiger partial charge in [0.15, 0.2) is 0 Å². The van der Waals surface area contributed by atoms with Gasteiger partial charge in [-0.25, -0.2) is 4.79 Å². The molecule has 0 aliphatic rings. The summed E-state index contributed by atoms with van der Waals surface area (Å²) in [6.45, 7) is -0.498. The predicted octanol–water partition coefficient (Wildman–Crippen LogP) is 3.02. The molecule has 0 radical (unpaired) electrons. The summed E-state index contributed by atoms with van der Waals surface area (Å²) in [6, 6.07) is 7.94. The molecule has 0 heterocycles. The lowest BCUT2D eigenvalue weighted by atomic mass is 10.2. The Bertz CT molecular complexity index is 384. The van der Waals surface area contributed by atoms with Gasteiger partial charge in [-0.1, -0.05) is 30.3 Å². The molecule has 0 aliphatic carbocycles. The Kier molecular flexibility index (Phi) is 3.75. The van der Waals surface area contributed by atoms with Crippen LogP contribution in [-0.4, -0.2) is 17.8 Å². The van der Waals surface area contributed by atoms with E-state index in [1.165, 1.54) is 12.1 Å². The second-order valence-electron chi connectivity index (χ2n) is 3.52. The number of alkyl halides is 4. The molecule has 0 saturated heterocycles. The van der Waals surface area contributed by atoms with E-state index in [0.717, 1.165) is 0 Å². The van der Waals surface area contributed by atoms with Crippen LogP contribution in [0.15, 0.2) is 30.3 Å². The molecule has 0 aromatic heterocycles. The van der Waals surface area contributed by atoms with Crippen molar-refractivity contribution in [2.45, 2.75) is 25.4 Å². The number of benzene rings is 1. The molecule has 94 valence electrons. The van der Waals surface area contributed by atoms with Crippen molar-refractivity contribution in [3.8, 4) is 0 Å². The molecule has 0 spiro atoms. The first-order chi connectivity index (χ1) is 7.75. The van der Waals surface area contributed by atoms with Crippen molar-refractivity contribution in [1.29, 1.82) is 0 Å². The fourth-order valence-corrected chi connectivity index (χ4v) is 0.993. The number of halogens is 4. The lowest BCUT2D eigenvalue weighted by molar-refractivity contribution is -0.223. The number of carbonyl (C=O) groups excluding carboxylic acids is 1. The third kappa shape index (κ3) is 3.18. The van der Waals surface area contributed by atoms with Gasteiger partial charge in [0.25, 0.3) is 0 Å². The summed E-state index contributed by atoms with van der Waals surface area (Å²) >= 11 is 0. The van der Waals surface area contributed by atoms with Gasteiger partial charge in [0.05, 0.1) is 0 Å². The summed E-state index contributed by atoms with van der Waals surface area (Å²) in [5, 5.41) is 0. The Morgan fingerprint density at radius 2 is 1.71 bits per heavy atom.